The molecule has 2 heterocycles. The molecule has 2 aromatic heterocycles. The molecule has 1 N–H and O–H groups in total. The van der Waals surface area contributed by atoms with Crippen molar-refractivity contribution in [3.8, 4) is 0 Å². The van der Waals surface area contributed by atoms with Crippen LogP contribution in [0.3, 0.4) is 0 Å². The zero-order valence-electron chi connectivity index (χ0n) is 6.14. The summed E-state index contributed by atoms with van der Waals surface area (Å²) in [6, 6.07) is 5.76. The maximum absolute atomic E-state index is 8.30. The summed E-state index contributed by atoms with van der Waals surface area (Å²) in [6.45, 7) is 0. The molecule has 0 saturated carbocycles. The van der Waals surface area contributed by atoms with Crippen molar-refractivity contribution in [3.05, 3.63) is 29.3 Å². The molecule has 4 heteroatoms. The van der Waals surface area contributed by atoms with E-state index in [-0.39, 0.29) is 0 Å². The molecular weight excluding hydrogens is 172 g/mol. The van der Waals surface area contributed by atoms with Gasteiger partial charge in [-0.1, -0.05) is 5.16 Å². The number of fused-ring (bicyclic) bond motifs is 1. The minimum atomic E-state index is 0.909. The highest BCUT2D eigenvalue weighted by molar-refractivity contribution is 7.20. The molecule has 2 aromatic rings. The Morgan fingerprint density at radius 1 is 1.58 bits per heavy atom. The third-order valence-electron chi connectivity index (χ3n) is 1.49. The molecule has 0 aliphatic carbocycles. The molecule has 2 rings (SSSR count). The van der Waals surface area contributed by atoms with Gasteiger partial charge in [0.2, 0.25) is 0 Å². The number of thiophene rings is 1. The van der Waals surface area contributed by atoms with E-state index in [9.17, 15) is 0 Å². The van der Waals surface area contributed by atoms with Crippen LogP contribution in [0.1, 0.15) is 4.88 Å². The number of rotatable bonds is 1. The smallest absolute Gasteiger partial charge is 0.0834 e. The summed E-state index contributed by atoms with van der Waals surface area (Å²) in [5.41, 5.74) is 0.942. The van der Waals surface area contributed by atoms with Gasteiger partial charge in [0.25, 0.3) is 0 Å². The van der Waals surface area contributed by atoms with Crippen LogP contribution < -0.4 is 0 Å². The van der Waals surface area contributed by atoms with Gasteiger partial charge in [-0.3, -0.25) is 4.98 Å². The molecule has 12 heavy (non-hydrogen) atoms. The van der Waals surface area contributed by atoms with E-state index in [0.29, 0.717) is 0 Å². The van der Waals surface area contributed by atoms with Crippen molar-refractivity contribution in [1.29, 1.82) is 0 Å². The summed E-state index contributed by atoms with van der Waals surface area (Å²) in [4.78, 5) is 5.06. The van der Waals surface area contributed by atoms with E-state index in [2.05, 4.69) is 10.1 Å². The first-order valence-electron chi connectivity index (χ1n) is 3.42. The second kappa shape index (κ2) is 2.91. The van der Waals surface area contributed by atoms with Crippen LogP contribution in [-0.4, -0.2) is 16.4 Å². The highest BCUT2D eigenvalue weighted by Crippen LogP contribution is 2.21. The van der Waals surface area contributed by atoms with Gasteiger partial charge in [0, 0.05) is 6.20 Å². The van der Waals surface area contributed by atoms with Crippen molar-refractivity contribution in [1.82, 2.24) is 4.98 Å². The lowest BCUT2D eigenvalue weighted by molar-refractivity contribution is 0.322. The van der Waals surface area contributed by atoms with Gasteiger partial charge in [0.1, 0.15) is 0 Å². The molecule has 0 fully saturated rings. The van der Waals surface area contributed by atoms with Gasteiger partial charge in [0.05, 0.1) is 21.3 Å². The Balaban J connectivity index is 2.62. The van der Waals surface area contributed by atoms with Crippen molar-refractivity contribution in [3.63, 3.8) is 0 Å². The summed E-state index contributed by atoms with van der Waals surface area (Å²) >= 11 is 1.55. The fraction of sp³-hybridized carbons (Fsp3) is 0. The molecule has 0 spiro atoms. The highest BCUT2D eigenvalue weighted by Gasteiger charge is 1.98. The molecule has 0 bridgehead atoms. The third-order valence-corrected chi connectivity index (χ3v) is 2.52. The van der Waals surface area contributed by atoms with Crippen molar-refractivity contribution >= 4 is 27.8 Å². The van der Waals surface area contributed by atoms with Crippen LogP contribution in [0.25, 0.3) is 10.2 Å². The number of nitrogens with zero attached hydrogens (tertiary/aromatic N) is 2. The standard InChI is InChI=1S/C8H6N2OS/c11-10-5-6-4-7-8(12-6)2-1-3-9-7/h1-5,11H/b10-5+. The largest absolute Gasteiger partial charge is 0.411 e. The Hall–Kier alpha value is -1.42. The minimum Gasteiger partial charge on any atom is -0.411 e. The molecular formula is C8H6N2OS. The zero-order valence-corrected chi connectivity index (χ0v) is 6.95. The van der Waals surface area contributed by atoms with Gasteiger partial charge in [0.15, 0.2) is 0 Å². The first-order valence-corrected chi connectivity index (χ1v) is 4.24. The molecule has 0 aliphatic heterocycles. The highest BCUT2D eigenvalue weighted by atomic mass is 32.1. The summed E-state index contributed by atoms with van der Waals surface area (Å²) < 4.78 is 1.10. The first kappa shape index (κ1) is 7.24. The number of oxime groups is 1. The minimum absolute atomic E-state index is 0.909. The van der Waals surface area contributed by atoms with Crippen LogP contribution in [0.4, 0.5) is 0 Å². The predicted molar refractivity (Wildman–Crippen MR) is 49.0 cm³/mol. The van der Waals surface area contributed by atoms with Gasteiger partial charge >= 0.3 is 0 Å². The Morgan fingerprint density at radius 3 is 3.25 bits per heavy atom. The normalized spacial score (nSPS) is 11.3. The van der Waals surface area contributed by atoms with E-state index >= 15 is 0 Å². The number of aromatic nitrogens is 1. The Morgan fingerprint density at radius 2 is 2.50 bits per heavy atom. The summed E-state index contributed by atoms with van der Waals surface area (Å²) in [7, 11) is 0. The van der Waals surface area contributed by atoms with Gasteiger partial charge < -0.3 is 5.21 Å². The molecule has 0 saturated heterocycles. The van der Waals surface area contributed by atoms with Crippen molar-refractivity contribution in [2.24, 2.45) is 5.16 Å². The molecule has 0 atom stereocenters. The molecule has 60 valence electrons. The van der Waals surface area contributed by atoms with E-state index in [1.165, 1.54) is 6.21 Å². The SMILES string of the molecule is O/N=C/c1cc2ncccc2s1. The molecule has 0 aliphatic rings. The van der Waals surface area contributed by atoms with Crippen LogP contribution in [0.5, 0.6) is 0 Å². The average Bonchev–Trinajstić information content (AvgIpc) is 2.47. The quantitative estimate of drug-likeness (QED) is 0.413. The summed E-state index contributed by atoms with van der Waals surface area (Å²) in [6.07, 6.45) is 3.15. The maximum atomic E-state index is 8.30. The van der Waals surface area contributed by atoms with Crippen LogP contribution in [0, 0.1) is 0 Å². The van der Waals surface area contributed by atoms with E-state index in [1.807, 2.05) is 18.2 Å². The lowest BCUT2D eigenvalue weighted by atomic mass is 10.4. The van der Waals surface area contributed by atoms with Crippen LogP contribution in [0.2, 0.25) is 0 Å². The van der Waals surface area contributed by atoms with Gasteiger partial charge in [-0.2, -0.15) is 0 Å². The Labute approximate surface area is 73.0 Å². The summed E-state index contributed by atoms with van der Waals surface area (Å²) in [5.74, 6) is 0. The van der Waals surface area contributed by atoms with Crippen molar-refractivity contribution in [2.45, 2.75) is 0 Å². The van der Waals surface area contributed by atoms with E-state index in [0.717, 1.165) is 15.1 Å². The molecule has 0 radical (unpaired) electrons. The average molecular weight is 178 g/mol. The van der Waals surface area contributed by atoms with Crippen LogP contribution in [0.15, 0.2) is 29.6 Å². The van der Waals surface area contributed by atoms with E-state index in [1.54, 1.807) is 17.5 Å². The number of hydrogen-bond donors (Lipinski definition) is 1. The second-order valence-electron chi connectivity index (χ2n) is 2.28. The van der Waals surface area contributed by atoms with E-state index < -0.39 is 0 Å². The molecule has 0 aromatic carbocycles. The van der Waals surface area contributed by atoms with Gasteiger partial charge in [-0.05, 0) is 18.2 Å². The lowest BCUT2D eigenvalue weighted by Gasteiger charge is -1.81. The second-order valence-corrected chi connectivity index (χ2v) is 3.40. The molecule has 3 nitrogen and oxygen atoms in total. The lowest BCUT2D eigenvalue weighted by Crippen LogP contribution is -1.69. The maximum Gasteiger partial charge on any atom is 0.0834 e. The Kier molecular flexibility index (Phi) is 1.75. The van der Waals surface area contributed by atoms with Crippen LogP contribution >= 0.6 is 11.3 Å². The number of hydrogen-bond acceptors (Lipinski definition) is 4. The topological polar surface area (TPSA) is 45.5 Å². The molecule has 0 amide bonds. The Bertz CT molecular complexity index is 389. The predicted octanol–water partition coefficient (Wildman–Crippen LogP) is 2.10. The van der Waals surface area contributed by atoms with Crippen molar-refractivity contribution < 1.29 is 5.21 Å². The van der Waals surface area contributed by atoms with Crippen molar-refractivity contribution in [2.75, 3.05) is 0 Å². The third kappa shape index (κ3) is 1.16. The summed E-state index contributed by atoms with van der Waals surface area (Å²) in [5, 5.41) is 11.3. The van der Waals surface area contributed by atoms with Gasteiger partial charge in [-0.25, -0.2) is 0 Å². The van der Waals surface area contributed by atoms with E-state index in [4.69, 9.17) is 5.21 Å². The first-order chi connectivity index (χ1) is 5.90. The monoisotopic (exact) mass is 178 g/mol. The molecule has 0 unspecified atom stereocenters. The van der Waals surface area contributed by atoms with Crippen LogP contribution in [-0.2, 0) is 0 Å². The van der Waals surface area contributed by atoms with Gasteiger partial charge in [-0.15, -0.1) is 11.3 Å². The fourth-order valence-electron chi connectivity index (χ4n) is 1.01. The fourth-order valence-corrected chi connectivity index (χ4v) is 1.90. The zero-order chi connectivity index (χ0) is 8.39. The number of pyridine rings is 1.